The number of ether oxygens (including phenoxy) is 1. The van der Waals surface area contributed by atoms with Gasteiger partial charge < -0.3 is 4.74 Å². The Morgan fingerprint density at radius 1 is 1.38 bits per heavy atom. The molecule has 2 aromatic rings. The molecular weight excluding hydrogens is 229 g/mol. The molecule has 84 valence electrons. The maximum Gasteiger partial charge on any atom is 0.143 e. The summed E-state index contributed by atoms with van der Waals surface area (Å²) in [6.07, 6.45) is 1.69. The highest BCUT2D eigenvalue weighted by atomic mass is 35.5. The van der Waals surface area contributed by atoms with Crippen LogP contribution >= 0.6 is 11.6 Å². The third-order valence-corrected chi connectivity index (χ3v) is 2.54. The van der Waals surface area contributed by atoms with Gasteiger partial charge in [-0.05, 0) is 24.6 Å². The maximum absolute atomic E-state index is 13.2. The lowest BCUT2D eigenvalue weighted by Crippen LogP contribution is -1.93. The average molecular weight is 240 g/mol. The van der Waals surface area contributed by atoms with Gasteiger partial charge in [0.05, 0.1) is 17.1 Å². The first-order valence-corrected chi connectivity index (χ1v) is 5.40. The highest BCUT2D eigenvalue weighted by molar-refractivity contribution is 6.31. The molecule has 0 amide bonds. The molecule has 1 aromatic carbocycles. The molecule has 0 unspecified atom stereocenters. The monoisotopic (exact) mass is 239 g/mol. The van der Waals surface area contributed by atoms with Crippen LogP contribution in [-0.2, 0) is 11.3 Å². The minimum Gasteiger partial charge on any atom is -0.377 e. The fraction of sp³-hybridized carbons (Fsp3) is 0.250. The van der Waals surface area contributed by atoms with Crippen molar-refractivity contribution in [2.45, 2.75) is 13.5 Å². The second kappa shape index (κ2) is 4.76. The summed E-state index contributed by atoms with van der Waals surface area (Å²) in [5.74, 6) is -0.445. The van der Waals surface area contributed by atoms with Gasteiger partial charge >= 0.3 is 0 Å². The van der Waals surface area contributed by atoms with E-state index in [1.54, 1.807) is 12.3 Å². The predicted octanol–water partition coefficient (Wildman–Crippen LogP) is 3.56. The minimum atomic E-state index is -0.445. The van der Waals surface area contributed by atoms with Crippen molar-refractivity contribution in [3.8, 4) is 0 Å². The van der Waals surface area contributed by atoms with Crippen molar-refractivity contribution in [3.05, 3.63) is 40.8 Å². The molecule has 16 heavy (non-hydrogen) atoms. The summed E-state index contributed by atoms with van der Waals surface area (Å²) in [5, 5.41) is 0.937. The first kappa shape index (κ1) is 11.3. The Labute approximate surface area is 98.0 Å². The molecule has 4 heteroatoms. The molecule has 0 radical (unpaired) electrons. The molecule has 0 N–H and O–H groups in total. The first-order valence-electron chi connectivity index (χ1n) is 5.02. The summed E-state index contributed by atoms with van der Waals surface area (Å²) in [7, 11) is 0. The van der Waals surface area contributed by atoms with Gasteiger partial charge in [0, 0.05) is 24.3 Å². The predicted molar refractivity (Wildman–Crippen MR) is 62.0 cm³/mol. The van der Waals surface area contributed by atoms with E-state index in [0.717, 1.165) is 10.9 Å². The highest BCUT2D eigenvalue weighted by Gasteiger charge is 2.04. The second-order valence-corrected chi connectivity index (χ2v) is 3.85. The molecular formula is C12H11ClFNO. The van der Waals surface area contributed by atoms with E-state index in [4.69, 9.17) is 16.3 Å². The third kappa shape index (κ3) is 2.31. The van der Waals surface area contributed by atoms with E-state index in [1.807, 2.05) is 13.0 Å². The van der Waals surface area contributed by atoms with Gasteiger partial charge in [0.1, 0.15) is 5.82 Å². The number of fused-ring (bicyclic) bond motifs is 1. The quantitative estimate of drug-likeness (QED) is 0.817. The van der Waals surface area contributed by atoms with Crippen LogP contribution in [0.15, 0.2) is 24.4 Å². The van der Waals surface area contributed by atoms with Gasteiger partial charge in [0.25, 0.3) is 0 Å². The molecule has 0 aliphatic carbocycles. The average Bonchev–Trinajstić information content (AvgIpc) is 2.28. The van der Waals surface area contributed by atoms with E-state index in [2.05, 4.69) is 4.98 Å². The molecule has 0 fully saturated rings. The van der Waals surface area contributed by atoms with E-state index in [9.17, 15) is 4.39 Å². The molecule has 0 saturated carbocycles. The fourth-order valence-electron chi connectivity index (χ4n) is 1.47. The van der Waals surface area contributed by atoms with Crippen LogP contribution < -0.4 is 0 Å². The Bertz CT molecular complexity index is 516. The van der Waals surface area contributed by atoms with Gasteiger partial charge in [-0.1, -0.05) is 11.6 Å². The standard InChI is InChI=1S/C12H11ClFNO/c1-2-16-7-8-3-9-4-10(13)11(14)5-12(9)15-6-8/h3-6H,2,7H2,1H3. The maximum atomic E-state index is 13.2. The summed E-state index contributed by atoms with van der Waals surface area (Å²) >= 11 is 5.71. The third-order valence-electron chi connectivity index (χ3n) is 2.25. The molecule has 2 nitrogen and oxygen atoms in total. The number of rotatable bonds is 3. The van der Waals surface area contributed by atoms with Crippen molar-refractivity contribution in [3.63, 3.8) is 0 Å². The lowest BCUT2D eigenvalue weighted by Gasteiger charge is -2.04. The van der Waals surface area contributed by atoms with Crippen LogP contribution in [0.25, 0.3) is 10.9 Å². The number of benzene rings is 1. The zero-order valence-electron chi connectivity index (χ0n) is 8.84. The zero-order valence-corrected chi connectivity index (χ0v) is 9.59. The molecule has 2 rings (SSSR count). The summed E-state index contributed by atoms with van der Waals surface area (Å²) in [5.41, 5.74) is 1.55. The summed E-state index contributed by atoms with van der Waals surface area (Å²) < 4.78 is 18.4. The van der Waals surface area contributed by atoms with Crippen LogP contribution in [-0.4, -0.2) is 11.6 Å². The van der Waals surface area contributed by atoms with Crippen LogP contribution in [0.1, 0.15) is 12.5 Å². The number of hydrogen-bond acceptors (Lipinski definition) is 2. The molecule has 1 aromatic heterocycles. The number of pyridine rings is 1. The molecule has 0 atom stereocenters. The SMILES string of the molecule is CCOCc1cnc2cc(F)c(Cl)cc2c1. The zero-order chi connectivity index (χ0) is 11.5. The second-order valence-electron chi connectivity index (χ2n) is 3.44. The Hall–Kier alpha value is -1.19. The number of halogens is 2. The minimum absolute atomic E-state index is 0.114. The van der Waals surface area contributed by atoms with Gasteiger partial charge in [-0.3, -0.25) is 4.98 Å². The fourth-order valence-corrected chi connectivity index (χ4v) is 1.64. The van der Waals surface area contributed by atoms with Crippen LogP contribution in [0.4, 0.5) is 4.39 Å². The van der Waals surface area contributed by atoms with E-state index >= 15 is 0 Å². The normalized spacial score (nSPS) is 10.9. The van der Waals surface area contributed by atoms with Crippen molar-refractivity contribution < 1.29 is 9.13 Å². The van der Waals surface area contributed by atoms with Crippen LogP contribution in [0.3, 0.4) is 0 Å². The van der Waals surface area contributed by atoms with Gasteiger partial charge in [0.15, 0.2) is 0 Å². The largest absolute Gasteiger partial charge is 0.377 e. The first-order chi connectivity index (χ1) is 7.70. The van der Waals surface area contributed by atoms with E-state index in [0.29, 0.717) is 18.7 Å². The van der Waals surface area contributed by atoms with E-state index < -0.39 is 5.82 Å². The van der Waals surface area contributed by atoms with Gasteiger partial charge in [-0.25, -0.2) is 4.39 Å². The number of hydrogen-bond donors (Lipinski definition) is 0. The van der Waals surface area contributed by atoms with Crippen LogP contribution in [0.5, 0.6) is 0 Å². The van der Waals surface area contributed by atoms with Gasteiger partial charge in [0.2, 0.25) is 0 Å². The van der Waals surface area contributed by atoms with E-state index in [1.165, 1.54) is 6.07 Å². The van der Waals surface area contributed by atoms with E-state index in [-0.39, 0.29) is 5.02 Å². The topological polar surface area (TPSA) is 22.1 Å². The molecule has 0 saturated heterocycles. The molecule has 0 aliphatic rings. The number of aromatic nitrogens is 1. The van der Waals surface area contributed by atoms with Crippen molar-refractivity contribution in [2.24, 2.45) is 0 Å². The molecule has 1 heterocycles. The Morgan fingerprint density at radius 3 is 2.94 bits per heavy atom. The lowest BCUT2D eigenvalue weighted by molar-refractivity contribution is 0.134. The van der Waals surface area contributed by atoms with Gasteiger partial charge in [-0.2, -0.15) is 0 Å². The lowest BCUT2D eigenvalue weighted by atomic mass is 10.1. The molecule has 0 bridgehead atoms. The van der Waals surface area contributed by atoms with Crippen LogP contribution in [0, 0.1) is 5.82 Å². The van der Waals surface area contributed by atoms with Gasteiger partial charge in [-0.15, -0.1) is 0 Å². The van der Waals surface area contributed by atoms with Crippen molar-refractivity contribution >= 4 is 22.5 Å². The summed E-state index contributed by atoms with van der Waals surface area (Å²) in [4.78, 5) is 4.16. The van der Waals surface area contributed by atoms with Crippen molar-refractivity contribution in [2.75, 3.05) is 6.61 Å². The smallest absolute Gasteiger partial charge is 0.143 e. The van der Waals surface area contributed by atoms with Crippen molar-refractivity contribution in [1.29, 1.82) is 0 Å². The summed E-state index contributed by atoms with van der Waals surface area (Å²) in [6, 6.07) is 4.82. The molecule has 0 aliphatic heterocycles. The van der Waals surface area contributed by atoms with Crippen molar-refractivity contribution in [1.82, 2.24) is 4.98 Å². The highest BCUT2D eigenvalue weighted by Crippen LogP contribution is 2.22. The van der Waals surface area contributed by atoms with Crippen LogP contribution in [0.2, 0.25) is 5.02 Å². The Balaban J connectivity index is 2.41. The summed E-state index contributed by atoms with van der Waals surface area (Å²) in [6.45, 7) is 3.09. The Morgan fingerprint density at radius 2 is 2.19 bits per heavy atom. The molecule has 0 spiro atoms. The Kier molecular flexibility index (Phi) is 3.36. The number of nitrogens with zero attached hydrogens (tertiary/aromatic N) is 1.